The van der Waals surface area contributed by atoms with Gasteiger partial charge in [-0.25, -0.2) is 0 Å². The highest BCUT2D eigenvalue weighted by atomic mass is 19.4. The summed E-state index contributed by atoms with van der Waals surface area (Å²) in [5.74, 6) is -0.668. The highest BCUT2D eigenvalue weighted by Gasteiger charge is 2.31. The zero-order chi connectivity index (χ0) is 25.0. The van der Waals surface area contributed by atoms with Gasteiger partial charge in [-0.1, -0.05) is 66.7 Å². The largest absolute Gasteiger partial charge is 0.416 e. The van der Waals surface area contributed by atoms with Crippen LogP contribution >= 0.6 is 0 Å². The van der Waals surface area contributed by atoms with E-state index in [0.29, 0.717) is 17.7 Å². The number of benzene rings is 3. The number of anilines is 1. The monoisotopic (exact) mass is 476 g/mol. The fourth-order valence-corrected chi connectivity index (χ4v) is 3.93. The molecule has 4 aromatic rings. The second kappa shape index (κ2) is 10.0. The van der Waals surface area contributed by atoms with Crippen molar-refractivity contribution in [2.75, 3.05) is 11.4 Å². The van der Waals surface area contributed by atoms with Crippen molar-refractivity contribution in [3.05, 3.63) is 124 Å². The predicted octanol–water partition coefficient (Wildman–Crippen LogP) is 6.26. The van der Waals surface area contributed by atoms with E-state index in [4.69, 9.17) is 0 Å². The van der Waals surface area contributed by atoms with Crippen LogP contribution in [-0.2, 0) is 12.6 Å². The van der Waals surface area contributed by atoms with Crippen LogP contribution in [0.25, 0.3) is 11.1 Å². The quantitative estimate of drug-likeness (QED) is 0.357. The number of H-pyrrole nitrogens is 1. The maximum Gasteiger partial charge on any atom is 0.416 e. The lowest BCUT2D eigenvalue weighted by atomic mass is 10.0. The number of amides is 1. The minimum Gasteiger partial charge on any atom is -0.325 e. The van der Waals surface area contributed by atoms with Crippen LogP contribution < -0.4 is 10.5 Å². The van der Waals surface area contributed by atoms with Crippen LogP contribution in [0.2, 0.25) is 0 Å². The minimum absolute atomic E-state index is 0.0713. The average Bonchev–Trinajstić information content (AvgIpc) is 2.85. The first-order chi connectivity index (χ1) is 16.7. The van der Waals surface area contributed by atoms with Crippen molar-refractivity contribution >= 4 is 11.6 Å². The van der Waals surface area contributed by atoms with Gasteiger partial charge in [0.1, 0.15) is 5.56 Å². The Morgan fingerprint density at radius 3 is 2.20 bits per heavy atom. The molecule has 0 unspecified atom stereocenters. The Bertz CT molecular complexity index is 1380. The zero-order valence-electron chi connectivity index (χ0n) is 19.0. The van der Waals surface area contributed by atoms with Gasteiger partial charge in [0.05, 0.1) is 5.56 Å². The normalized spacial score (nSPS) is 11.3. The van der Waals surface area contributed by atoms with Gasteiger partial charge in [-0.05, 0) is 48.7 Å². The number of carbonyl (C=O) groups excluding carboxylic acids is 1. The Labute approximate surface area is 200 Å². The number of alkyl halides is 3. The molecule has 1 aromatic heterocycles. The summed E-state index contributed by atoms with van der Waals surface area (Å²) in [6.45, 7) is 1.83. The van der Waals surface area contributed by atoms with E-state index in [0.717, 1.165) is 23.3 Å². The lowest BCUT2D eigenvalue weighted by Gasteiger charge is -2.24. The van der Waals surface area contributed by atoms with Gasteiger partial charge in [-0.2, -0.15) is 13.2 Å². The van der Waals surface area contributed by atoms with Gasteiger partial charge in [0.25, 0.3) is 11.5 Å². The third-order valence-electron chi connectivity index (χ3n) is 5.75. The molecule has 0 aliphatic rings. The van der Waals surface area contributed by atoms with Gasteiger partial charge in [-0.15, -0.1) is 0 Å². The van der Waals surface area contributed by atoms with Crippen LogP contribution in [0.5, 0.6) is 0 Å². The number of halogens is 3. The number of aromatic nitrogens is 1. The van der Waals surface area contributed by atoms with Gasteiger partial charge in [0, 0.05) is 23.5 Å². The smallest absolute Gasteiger partial charge is 0.325 e. The Morgan fingerprint density at radius 2 is 1.54 bits per heavy atom. The molecule has 0 spiro atoms. The van der Waals surface area contributed by atoms with Gasteiger partial charge in [0.15, 0.2) is 0 Å². The highest BCUT2D eigenvalue weighted by Crippen LogP contribution is 2.32. The predicted molar refractivity (Wildman–Crippen MR) is 131 cm³/mol. The summed E-state index contributed by atoms with van der Waals surface area (Å²) in [4.78, 5) is 30.4. The molecule has 35 heavy (non-hydrogen) atoms. The number of nitrogens with one attached hydrogen (secondary N) is 1. The molecule has 1 N–H and O–H groups in total. The molecular weight excluding hydrogens is 453 g/mol. The van der Waals surface area contributed by atoms with Crippen molar-refractivity contribution in [1.82, 2.24) is 4.98 Å². The van der Waals surface area contributed by atoms with Crippen LogP contribution in [0.3, 0.4) is 0 Å². The minimum atomic E-state index is -4.56. The summed E-state index contributed by atoms with van der Waals surface area (Å²) >= 11 is 0. The molecular formula is C28H23F3N2O2. The maximum absolute atomic E-state index is 13.7. The van der Waals surface area contributed by atoms with Gasteiger partial charge < -0.3 is 9.88 Å². The van der Waals surface area contributed by atoms with Crippen LogP contribution in [0.15, 0.2) is 95.8 Å². The van der Waals surface area contributed by atoms with Crippen molar-refractivity contribution in [3.63, 3.8) is 0 Å². The average molecular weight is 476 g/mol. The lowest BCUT2D eigenvalue weighted by Crippen LogP contribution is -2.36. The van der Waals surface area contributed by atoms with E-state index in [1.807, 2.05) is 60.7 Å². The Kier molecular flexibility index (Phi) is 6.87. The Hall–Kier alpha value is -4.13. The molecule has 0 saturated heterocycles. The summed E-state index contributed by atoms with van der Waals surface area (Å²) in [6.07, 6.45) is -4.16. The van der Waals surface area contributed by atoms with Gasteiger partial charge in [-0.3, -0.25) is 9.59 Å². The van der Waals surface area contributed by atoms with E-state index in [1.54, 1.807) is 6.92 Å². The molecule has 7 heteroatoms. The van der Waals surface area contributed by atoms with Crippen LogP contribution in [0, 0.1) is 6.92 Å². The number of hydrogen-bond acceptors (Lipinski definition) is 2. The fourth-order valence-electron chi connectivity index (χ4n) is 3.93. The van der Waals surface area contributed by atoms with Gasteiger partial charge >= 0.3 is 6.18 Å². The molecule has 0 radical (unpaired) electrons. The molecule has 4 rings (SSSR count). The standard InChI is InChI=1S/C28H23F3N2O2/c1-19-24(21-11-6-3-7-12-21)18-25(26(34)32-19)27(35)33(16-15-20-9-4-2-5-10-20)23-14-8-13-22(17-23)28(29,30)31/h2-14,17-18H,15-16H2,1H3,(H,32,34). The van der Waals surface area contributed by atoms with Crippen molar-refractivity contribution < 1.29 is 18.0 Å². The fraction of sp³-hybridized carbons (Fsp3) is 0.143. The number of nitrogens with zero attached hydrogens (tertiary/aromatic N) is 1. The van der Waals surface area contributed by atoms with Crippen LogP contribution in [0.1, 0.15) is 27.2 Å². The van der Waals surface area contributed by atoms with Crippen molar-refractivity contribution in [2.24, 2.45) is 0 Å². The molecule has 1 amide bonds. The molecule has 0 atom stereocenters. The third kappa shape index (κ3) is 5.51. The van der Waals surface area contributed by atoms with E-state index in [1.165, 1.54) is 23.1 Å². The second-order valence-corrected chi connectivity index (χ2v) is 8.16. The molecule has 0 aliphatic carbocycles. The molecule has 178 valence electrons. The first kappa shape index (κ1) is 24.0. The summed E-state index contributed by atoms with van der Waals surface area (Å²) in [5.41, 5.74) is 1.46. The molecule has 0 fully saturated rings. The number of hydrogen-bond donors (Lipinski definition) is 1. The molecule has 0 bridgehead atoms. The first-order valence-corrected chi connectivity index (χ1v) is 11.1. The second-order valence-electron chi connectivity index (χ2n) is 8.16. The third-order valence-corrected chi connectivity index (χ3v) is 5.75. The maximum atomic E-state index is 13.7. The molecule has 1 heterocycles. The number of pyridine rings is 1. The summed E-state index contributed by atoms with van der Waals surface area (Å²) in [5, 5.41) is 0. The first-order valence-electron chi connectivity index (χ1n) is 11.1. The van der Waals surface area contributed by atoms with Crippen molar-refractivity contribution in [2.45, 2.75) is 19.5 Å². The van der Waals surface area contributed by atoms with E-state index < -0.39 is 23.2 Å². The van der Waals surface area contributed by atoms with Crippen LogP contribution in [-0.4, -0.2) is 17.4 Å². The van der Waals surface area contributed by atoms with E-state index >= 15 is 0 Å². The molecule has 0 saturated carbocycles. The van der Waals surface area contributed by atoms with E-state index in [-0.39, 0.29) is 17.8 Å². The molecule has 4 nitrogen and oxygen atoms in total. The van der Waals surface area contributed by atoms with Gasteiger partial charge in [0.2, 0.25) is 0 Å². The number of carbonyl (C=O) groups is 1. The van der Waals surface area contributed by atoms with E-state index in [9.17, 15) is 22.8 Å². The zero-order valence-corrected chi connectivity index (χ0v) is 19.0. The molecule has 0 aliphatic heterocycles. The summed E-state index contributed by atoms with van der Waals surface area (Å²) in [6, 6.07) is 24.7. The SMILES string of the molecule is Cc1[nH]c(=O)c(C(=O)N(CCc2ccccc2)c2cccc(C(F)(F)F)c2)cc1-c1ccccc1. The Balaban J connectivity index is 1.77. The topological polar surface area (TPSA) is 53.2 Å². The lowest BCUT2D eigenvalue weighted by molar-refractivity contribution is -0.137. The highest BCUT2D eigenvalue weighted by molar-refractivity contribution is 6.06. The van der Waals surface area contributed by atoms with Crippen molar-refractivity contribution in [1.29, 1.82) is 0 Å². The van der Waals surface area contributed by atoms with Crippen LogP contribution in [0.4, 0.5) is 18.9 Å². The number of aryl methyl sites for hydroxylation is 1. The summed E-state index contributed by atoms with van der Waals surface area (Å²) < 4.78 is 40.2. The molecule has 3 aromatic carbocycles. The number of aromatic amines is 1. The number of rotatable bonds is 6. The van der Waals surface area contributed by atoms with Crippen molar-refractivity contribution in [3.8, 4) is 11.1 Å². The van der Waals surface area contributed by atoms with E-state index in [2.05, 4.69) is 4.98 Å². The Morgan fingerprint density at radius 1 is 0.886 bits per heavy atom. The summed E-state index contributed by atoms with van der Waals surface area (Å²) in [7, 11) is 0.